The Labute approximate surface area is 118 Å². The van der Waals surface area contributed by atoms with Crippen molar-refractivity contribution >= 4 is 5.91 Å². The molecule has 19 heavy (non-hydrogen) atoms. The van der Waals surface area contributed by atoms with Crippen LogP contribution in [-0.2, 0) is 4.79 Å². The third-order valence-electron chi connectivity index (χ3n) is 4.33. The normalized spacial score (nSPS) is 24.2. The average molecular weight is 268 g/mol. The van der Waals surface area contributed by atoms with Crippen LogP contribution in [0.3, 0.4) is 0 Å². The van der Waals surface area contributed by atoms with Gasteiger partial charge >= 0.3 is 0 Å². The molecule has 1 rings (SSSR count). The average Bonchev–Trinajstić information content (AvgIpc) is 2.34. The summed E-state index contributed by atoms with van der Waals surface area (Å²) < 4.78 is 0. The second-order valence-corrected chi connectivity index (χ2v) is 7.03. The Morgan fingerprint density at radius 3 is 2.47 bits per heavy atom. The molecule has 0 aromatic rings. The first-order valence-electron chi connectivity index (χ1n) is 7.94. The fourth-order valence-electron chi connectivity index (χ4n) is 3.23. The maximum atomic E-state index is 12.0. The zero-order chi connectivity index (χ0) is 14.3. The molecule has 0 radical (unpaired) electrons. The number of rotatable bonds is 6. The molecular weight excluding hydrogens is 236 g/mol. The molecule has 2 unspecified atom stereocenters. The van der Waals surface area contributed by atoms with Crippen LogP contribution in [0.25, 0.3) is 0 Å². The van der Waals surface area contributed by atoms with Crippen LogP contribution in [0.15, 0.2) is 0 Å². The van der Waals surface area contributed by atoms with E-state index in [-0.39, 0.29) is 11.3 Å². The summed E-state index contributed by atoms with van der Waals surface area (Å²) in [6, 6.07) is 0.385. The number of carbonyl (C=O) groups excluding carboxylic acids is 1. The molecule has 0 bridgehead atoms. The highest BCUT2D eigenvalue weighted by Crippen LogP contribution is 2.37. The molecule has 1 aliphatic carbocycles. The van der Waals surface area contributed by atoms with E-state index in [1.807, 2.05) is 0 Å². The van der Waals surface area contributed by atoms with Gasteiger partial charge in [-0.2, -0.15) is 0 Å². The topological polar surface area (TPSA) is 55.1 Å². The quantitative estimate of drug-likeness (QED) is 0.727. The van der Waals surface area contributed by atoms with Gasteiger partial charge in [-0.25, -0.2) is 0 Å². The van der Waals surface area contributed by atoms with Crippen molar-refractivity contribution < 1.29 is 4.79 Å². The molecule has 2 atom stereocenters. The van der Waals surface area contributed by atoms with Crippen LogP contribution in [0.1, 0.15) is 72.1 Å². The molecule has 0 aliphatic heterocycles. The summed E-state index contributed by atoms with van der Waals surface area (Å²) in [5.41, 5.74) is 5.75. The van der Waals surface area contributed by atoms with Gasteiger partial charge in [0.05, 0.1) is 0 Å². The van der Waals surface area contributed by atoms with Crippen LogP contribution >= 0.6 is 0 Å². The van der Waals surface area contributed by atoms with Gasteiger partial charge in [0.1, 0.15) is 0 Å². The minimum absolute atomic E-state index is 0.234. The van der Waals surface area contributed by atoms with Gasteiger partial charge in [-0.15, -0.1) is 0 Å². The van der Waals surface area contributed by atoms with E-state index in [4.69, 9.17) is 5.73 Å². The Kier molecular flexibility index (Phi) is 6.84. The third kappa shape index (κ3) is 5.94. The first kappa shape index (κ1) is 16.5. The second-order valence-electron chi connectivity index (χ2n) is 7.03. The van der Waals surface area contributed by atoms with Crippen molar-refractivity contribution in [2.75, 3.05) is 6.54 Å². The predicted octanol–water partition coefficient (Wildman–Crippen LogP) is 3.23. The van der Waals surface area contributed by atoms with Crippen LogP contribution < -0.4 is 11.1 Å². The number of hydrogen-bond acceptors (Lipinski definition) is 2. The number of nitrogens with one attached hydrogen (secondary N) is 1. The lowest BCUT2D eigenvalue weighted by molar-refractivity contribution is -0.122. The summed E-state index contributed by atoms with van der Waals surface area (Å²) in [6.07, 6.45) is 8.69. The molecule has 0 spiro atoms. The Bertz CT molecular complexity index is 270. The SMILES string of the molecule is CC(C)(C)C1CCCCC1NC(=O)CCCCCN. The molecule has 0 aromatic heterocycles. The summed E-state index contributed by atoms with van der Waals surface area (Å²) in [7, 11) is 0. The highest BCUT2D eigenvalue weighted by molar-refractivity contribution is 5.76. The molecule has 1 amide bonds. The van der Waals surface area contributed by atoms with Gasteiger partial charge in [0.15, 0.2) is 0 Å². The lowest BCUT2D eigenvalue weighted by Gasteiger charge is -2.40. The third-order valence-corrected chi connectivity index (χ3v) is 4.33. The van der Waals surface area contributed by atoms with Crippen molar-refractivity contribution in [3.8, 4) is 0 Å². The number of unbranched alkanes of at least 4 members (excludes halogenated alkanes) is 2. The number of carbonyl (C=O) groups is 1. The number of hydrogen-bond donors (Lipinski definition) is 2. The van der Waals surface area contributed by atoms with Crippen LogP contribution in [0.2, 0.25) is 0 Å². The molecule has 112 valence electrons. The van der Waals surface area contributed by atoms with E-state index in [1.54, 1.807) is 0 Å². The minimum Gasteiger partial charge on any atom is -0.353 e. The number of amides is 1. The molecular formula is C16H32N2O. The summed E-state index contributed by atoms with van der Waals surface area (Å²) in [4.78, 5) is 12.0. The van der Waals surface area contributed by atoms with Crippen molar-refractivity contribution in [3.05, 3.63) is 0 Å². The van der Waals surface area contributed by atoms with E-state index >= 15 is 0 Å². The number of nitrogens with two attached hydrogens (primary N) is 1. The zero-order valence-corrected chi connectivity index (χ0v) is 13.0. The van der Waals surface area contributed by atoms with E-state index in [0.717, 1.165) is 32.2 Å². The lowest BCUT2D eigenvalue weighted by atomic mass is 9.69. The van der Waals surface area contributed by atoms with E-state index < -0.39 is 0 Å². The maximum absolute atomic E-state index is 12.0. The van der Waals surface area contributed by atoms with Gasteiger partial charge in [-0.1, -0.05) is 40.0 Å². The Balaban J connectivity index is 2.38. The summed E-state index contributed by atoms with van der Waals surface area (Å²) in [5.74, 6) is 0.854. The molecule has 1 saturated carbocycles. The molecule has 0 heterocycles. The van der Waals surface area contributed by atoms with E-state index in [0.29, 0.717) is 18.4 Å². The van der Waals surface area contributed by atoms with Gasteiger partial charge < -0.3 is 11.1 Å². The van der Waals surface area contributed by atoms with Gasteiger partial charge in [-0.3, -0.25) is 4.79 Å². The summed E-state index contributed by atoms with van der Waals surface area (Å²) >= 11 is 0. The van der Waals surface area contributed by atoms with Gasteiger partial charge in [0.2, 0.25) is 5.91 Å². The molecule has 1 aliphatic rings. The van der Waals surface area contributed by atoms with E-state index in [1.165, 1.54) is 19.3 Å². The monoisotopic (exact) mass is 268 g/mol. The first-order valence-corrected chi connectivity index (χ1v) is 7.94. The van der Waals surface area contributed by atoms with Crippen LogP contribution in [0.4, 0.5) is 0 Å². The van der Waals surface area contributed by atoms with Crippen LogP contribution in [-0.4, -0.2) is 18.5 Å². The van der Waals surface area contributed by atoms with Crippen molar-refractivity contribution in [2.24, 2.45) is 17.1 Å². The van der Waals surface area contributed by atoms with Crippen LogP contribution in [0, 0.1) is 11.3 Å². The van der Waals surface area contributed by atoms with Crippen molar-refractivity contribution in [3.63, 3.8) is 0 Å². The Hall–Kier alpha value is -0.570. The predicted molar refractivity (Wildman–Crippen MR) is 80.9 cm³/mol. The van der Waals surface area contributed by atoms with Gasteiger partial charge in [0, 0.05) is 12.5 Å². The first-order chi connectivity index (χ1) is 8.95. The van der Waals surface area contributed by atoms with E-state index in [9.17, 15) is 4.79 Å². The summed E-state index contributed by atoms with van der Waals surface area (Å²) in [5, 5.41) is 3.28. The van der Waals surface area contributed by atoms with Gasteiger partial charge in [-0.05, 0) is 43.6 Å². The maximum Gasteiger partial charge on any atom is 0.220 e. The fourth-order valence-corrected chi connectivity index (χ4v) is 3.23. The van der Waals surface area contributed by atoms with Gasteiger partial charge in [0.25, 0.3) is 0 Å². The molecule has 3 N–H and O–H groups in total. The summed E-state index contributed by atoms with van der Waals surface area (Å²) in [6.45, 7) is 7.62. The minimum atomic E-state index is 0.234. The van der Waals surface area contributed by atoms with Crippen molar-refractivity contribution in [1.29, 1.82) is 0 Å². The van der Waals surface area contributed by atoms with Crippen LogP contribution in [0.5, 0.6) is 0 Å². The van der Waals surface area contributed by atoms with Crippen molar-refractivity contribution in [1.82, 2.24) is 5.32 Å². The molecule has 0 aromatic carbocycles. The lowest BCUT2D eigenvalue weighted by Crippen LogP contribution is -2.46. The highest BCUT2D eigenvalue weighted by atomic mass is 16.1. The fraction of sp³-hybridized carbons (Fsp3) is 0.938. The standard InChI is InChI=1S/C16H32N2O/c1-16(2,3)13-9-6-7-10-14(13)18-15(19)11-5-4-8-12-17/h13-14H,4-12,17H2,1-3H3,(H,18,19). The Morgan fingerprint density at radius 1 is 1.16 bits per heavy atom. The molecule has 0 saturated heterocycles. The van der Waals surface area contributed by atoms with E-state index in [2.05, 4.69) is 26.1 Å². The molecule has 3 heteroatoms. The molecule has 3 nitrogen and oxygen atoms in total. The largest absolute Gasteiger partial charge is 0.353 e. The Morgan fingerprint density at radius 2 is 1.84 bits per heavy atom. The smallest absolute Gasteiger partial charge is 0.220 e. The molecule has 1 fully saturated rings. The highest BCUT2D eigenvalue weighted by Gasteiger charge is 2.34. The second kappa shape index (κ2) is 7.88. The van der Waals surface area contributed by atoms with Crippen molar-refractivity contribution in [2.45, 2.75) is 78.2 Å². The zero-order valence-electron chi connectivity index (χ0n) is 13.0.